The second-order valence-corrected chi connectivity index (χ2v) is 4.65. The number of hydrogen-bond donors (Lipinski definition) is 1. The van der Waals surface area contributed by atoms with Crippen LogP contribution < -0.4 is 4.74 Å². The maximum Gasteiger partial charge on any atom is 0.306 e. The van der Waals surface area contributed by atoms with Crippen LogP contribution in [0, 0.1) is 5.92 Å². The van der Waals surface area contributed by atoms with Gasteiger partial charge in [-0.15, -0.1) is 0 Å². The fraction of sp³-hybridized carbons (Fsp3) is 0.417. The molecule has 88 valence electrons. The topological polar surface area (TPSA) is 46.5 Å². The van der Waals surface area contributed by atoms with E-state index in [4.69, 9.17) is 9.84 Å². The third-order valence-corrected chi connectivity index (χ3v) is 3.01. The number of ether oxygens (including phenoxy) is 1. The summed E-state index contributed by atoms with van der Waals surface area (Å²) >= 11 is 3.37. The molecule has 0 aliphatic heterocycles. The molecule has 0 spiro atoms. The smallest absolute Gasteiger partial charge is 0.306 e. The molecule has 1 rings (SSSR count). The van der Waals surface area contributed by atoms with E-state index in [2.05, 4.69) is 15.9 Å². The molecule has 3 nitrogen and oxygen atoms in total. The number of aryl methyl sites for hydroxylation is 1. The second kappa shape index (κ2) is 5.89. The Kier molecular flexibility index (Phi) is 4.80. The van der Waals surface area contributed by atoms with Gasteiger partial charge in [-0.05, 0) is 30.5 Å². The van der Waals surface area contributed by atoms with E-state index in [1.807, 2.05) is 18.2 Å². The molecule has 0 amide bonds. The average Bonchev–Trinajstić information content (AvgIpc) is 2.26. The molecule has 16 heavy (non-hydrogen) atoms. The summed E-state index contributed by atoms with van der Waals surface area (Å²) in [6, 6.07) is 5.78. The fourth-order valence-corrected chi connectivity index (χ4v) is 1.76. The zero-order chi connectivity index (χ0) is 12.1. The first-order chi connectivity index (χ1) is 7.54. The van der Waals surface area contributed by atoms with Crippen molar-refractivity contribution in [3.63, 3.8) is 0 Å². The third-order valence-electron chi connectivity index (χ3n) is 2.52. The molecule has 0 aliphatic rings. The lowest BCUT2D eigenvalue weighted by Gasteiger charge is -2.10. The van der Waals surface area contributed by atoms with Gasteiger partial charge in [0.25, 0.3) is 0 Å². The molecule has 0 fully saturated rings. The molecule has 0 radical (unpaired) electrons. The Hall–Kier alpha value is -1.03. The lowest BCUT2D eigenvalue weighted by Crippen LogP contribution is -2.10. The lowest BCUT2D eigenvalue weighted by molar-refractivity contribution is -0.141. The van der Waals surface area contributed by atoms with Crippen LogP contribution in [-0.4, -0.2) is 18.2 Å². The van der Waals surface area contributed by atoms with E-state index in [1.165, 1.54) is 0 Å². The van der Waals surface area contributed by atoms with Crippen molar-refractivity contribution in [3.05, 3.63) is 28.2 Å². The van der Waals surface area contributed by atoms with Crippen molar-refractivity contribution < 1.29 is 14.6 Å². The first-order valence-electron chi connectivity index (χ1n) is 5.09. The van der Waals surface area contributed by atoms with Crippen LogP contribution in [-0.2, 0) is 11.2 Å². The summed E-state index contributed by atoms with van der Waals surface area (Å²) in [7, 11) is 1.62. The van der Waals surface area contributed by atoms with Crippen molar-refractivity contribution in [2.45, 2.75) is 19.8 Å². The quantitative estimate of drug-likeness (QED) is 0.905. The summed E-state index contributed by atoms with van der Waals surface area (Å²) in [5.41, 5.74) is 1.04. The van der Waals surface area contributed by atoms with Crippen LogP contribution in [0.25, 0.3) is 0 Å². The Balaban J connectivity index is 2.70. The van der Waals surface area contributed by atoms with Crippen molar-refractivity contribution in [1.82, 2.24) is 0 Å². The molecule has 0 saturated heterocycles. The van der Waals surface area contributed by atoms with Gasteiger partial charge in [0.05, 0.1) is 13.0 Å². The molecular weight excluding hydrogens is 272 g/mol. The standard InChI is InChI=1S/C12H15BrO3/c1-8(12(14)15)3-4-9-5-6-10(13)7-11(9)16-2/h5-8H,3-4H2,1-2H3,(H,14,15). The number of halogens is 1. The molecule has 0 saturated carbocycles. The van der Waals surface area contributed by atoms with Gasteiger partial charge >= 0.3 is 5.97 Å². The number of benzene rings is 1. The van der Waals surface area contributed by atoms with Crippen molar-refractivity contribution in [3.8, 4) is 5.75 Å². The molecule has 1 aromatic rings. The molecule has 1 aromatic carbocycles. The zero-order valence-electron chi connectivity index (χ0n) is 9.37. The Morgan fingerprint density at radius 1 is 1.56 bits per heavy atom. The molecule has 0 aliphatic carbocycles. The van der Waals surface area contributed by atoms with Crippen LogP contribution in [0.2, 0.25) is 0 Å². The van der Waals surface area contributed by atoms with E-state index in [9.17, 15) is 4.79 Å². The number of carboxylic acid groups (broad SMARTS) is 1. The molecule has 1 atom stereocenters. The van der Waals surface area contributed by atoms with Crippen molar-refractivity contribution in [2.75, 3.05) is 7.11 Å². The minimum absolute atomic E-state index is 0.326. The predicted octanol–water partition coefficient (Wildman–Crippen LogP) is 3.11. The molecular formula is C12H15BrO3. The fourth-order valence-electron chi connectivity index (χ4n) is 1.42. The Bertz CT molecular complexity index is 377. The minimum Gasteiger partial charge on any atom is -0.496 e. The Morgan fingerprint density at radius 3 is 2.81 bits per heavy atom. The van der Waals surface area contributed by atoms with Crippen molar-refractivity contribution in [2.24, 2.45) is 5.92 Å². The van der Waals surface area contributed by atoms with Crippen LogP contribution in [0.5, 0.6) is 5.75 Å². The monoisotopic (exact) mass is 286 g/mol. The van der Waals surface area contributed by atoms with Crippen molar-refractivity contribution in [1.29, 1.82) is 0 Å². The van der Waals surface area contributed by atoms with Gasteiger partial charge < -0.3 is 9.84 Å². The number of methoxy groups -OCH3 is 1. The highest BCUT2D eigenvalue weighted by molar-refractivity contribution is 9.10. The molecule has 0 aromatic heterocycles. The molecule has 4 heteroatoms. The first kappa shape index (κ1) is 13.0. The van der Waals surface area contributed by atoms with Gasteiger partial charge in [-0.1, -0.05) is 28.9 Å². The number of aliphatic carboxylic acids is 1. The Morgan fingerprint density at radius 2 is 2.25 bits per heavy atom. The van der Waals surface area contributed by atoms with E-state index in [-0.39, 0.29) is 5.92 Å². The van der Waals surface area contributed by atoms with Crippen LogP contribution in [0.15, 0.2) is 22.7 Å². The van der Waals surface area contributed by atoms with Gasteiger partial charge in [0.1, 0.15) is 5.75 Å². The number of hydrogen-bond acceptors (Lipinski definition) is 2. The first-order valence-corrected chi connectivity index (χ1v) is 5.89. The average molecular weight is 287 g/mol. The highest BCUT2D eigenvalue weighted by atomic mass is 79.9. The molecule has 0 heterocycles. The van der Waals surface area contributed by atoms with Crippen LogP contribution in [0.3, 0.4) is 0 Å². The van der Waals surface area contributed by atoms with Gasteiger partial charge in [0, 0.05) is 4.47 Å². The number of rotatable bonds is 5. The van der Waals surface area contributed by atoms with Gasteiger partial charge in [0.2, 0.25) is 0 Å². The lowest BCUT2D eigenvalue weighted by atomic mass is 10.0. The summed E-state index contributed by atoms with van der Waals surface area (Å²) in [4.78, 5) is 10.7. The predicted molar refractivity (Wildman–Crippen MR) is 65.8 cm³/mol. The maximum absolute atomic E-state index is 10.7. The van der Waals surface area contributed by atoms with Crippen LogP contribution in [0.1, 0.15) is 18.9 Å². The number of carbonyl (C=O) groups is 1. The highest BCUT2D eigenvalue weighted by Crippen LogP contribution is 2.25. The van der Waals surface area contributed by atoms with Gasteiger partial charge in [-0.3, -0.25) is 4.79 Å². The summed E-state index contributed by atoms with van der Waals surface area (Å²) in [5.74, 6) is -0.281. The number of carboxylic acids is 1. The van der Waals surface area contributed by atoms with Crippen LogP contribution >= 0.6 is 15.9 Å². The van der Waals surface area contributed by atoms with Crippen LogP contribution in [0.4, 0.5) is 0 Å². The van der Waals surface area contributed by atoms with Gasteiger partial charge in [-0.2, -0.15) is 0 Å². The summed E-state index contributed by atoms with van der Waals surface area (Å²) in [6.07, 6.45) is 1.33. The van der Waals surface area contributed by atoms with E-state index < -0.39 is 5.97 Å². The second-order valence-electron chi connectivity index (χ2n) is 3.73. The van der Waals surface area contributed by atoms with Gasteiger partial charge in [0.15, 0.2) is 0 Å². The normalized spacial score (nSPS) is 12.2. The maximum atomic E-state index is 10.7. The van der Waals surface area contributed by atoms with E-state index >= 15 is 0 Å². The SMILES string of the molecule is COc1cc(Br)ccc1CCC(C)C(=O)O. The van der Waals surface area contributed by atoms with Crippen molar-refractivity contribution >= 4 is 21.9 Å². The van der Waals surface area contributed by atoms with E-state index in [1.54, 1.807) is 14.0 Å². The Labute approximate surface area is 104 Å². The van der Waals surface area contributed by atoms with E-state index in [0.717, 1.165) is 15.8 Å². The molecule has 1 unspecified atom stereocenters. The summed E-state index contributed by atoms with van der Waals surface area (Å²) in [6.45, 7) is 1.72. The van der Waals surface area contributed by atoms with Gasteiger partial charge in [-0.25, -0.2) is 0 Å². The minimum atomic E-state index is -0.754. The summed E-state index contributed by atoms with van der Waals surface area (Å²) < 4.78 is 6.20. The molecule has 1 N–H and O–H groups in total. The highest BCUT2D eigenvalue weighted by Gasteiger charge is 2.12. The van der Waals surface area contributed by atoms with E-state index in [0.29, 0.717) is 12.8 Å². The zero-order valence-corrected chi connectivity index (χ0v) is 11.0. The largest absolute Gasteiger partial charge is 0.496 e. The summed E-state index contributed by atoms with van der Waals surface area (Å²) in [5, 5.41) is 8.79. The molecule has 0 bridgehead atoms. The third kappa shape index (κ3) is 3.52.